The fraction of sp³-hybridized carbons (Fsp3) is 0.150. The zero-order chi connectivity index (χ0) is 16.3. The normalized spacial score (nSPS) is 13.0. The number of nitrogens with zero attached hydrogens (tertiary/aromatic N) is 1. The van der Waals surface area contributed by atoms with Crippen molar-refractivity contribution in [2.24, 2.45) is 0 Å². The van der Waals surface area contributed by atoms with Crippen LogP contribution in [-0.4, -0.2) is 5.11 Å². The van der Waals surface area contributed by atoms with Gasteiger partial charge in [-0.1, -0.05) is 42.5 Å². The molecule has 2 nitrogen and oxygen atoms in total. The highest BCUT2D eigenvalue weighted by Crippen LogP contribution is 2.28. The second-order valence-electron chi connectivity index (χ2n) is 5.82. The van der Waals surface area contributed by atoms with Gasteiger partial charge in [-0.15, -0.1) is 0 Å². The molecule has 0 radical (unpaired) electrons. The van der Waals surface area contributed by atoms with E-state index >= 15 is 0 Å². The molecule has 0 amide bonds. The SMILES string of the molecule is CC(O)(c1ccc(F)cc1)c1cc[n+](Cc2ccccc2)cc1.[Br-]. The van der Waals surface area contributed by atoms with Crippen molar-refractivity contribution >= 4 is 0 Å². The summed E-state index contributed by atoms with van der Waals surface area (Å²) in [7, 11) is 0. The quantitative estimate of drug-likeness (QED) is 0.644. The van der Waals surface area contributed by atoms with Crippen LogP contribution in [0, 0.1) is 5.82 Å². The Morgan fingerprint density at radius 1 is 0.875 bits per heavy atom. The summed E-state index contributed by atoms with van der Waals surface area (Å²) >= 11 is 0. The van der Waals surface area contributed by atoms with Gasteiger partial charge in [-0.2, -0.15) is 0 Å². The Hall–Kier alpha value is -2.04. The molecule has 0 aliphatic heterocycles. The average molecular weight is 388 g/mol. The summed E-state index contributed by atoms with van der Waals surface area (Å²) < 4.78 is 15.1. The Morgan fingerprint density at radius 2 is 1.42 bits per heavy atom. The highest BCUT2D eigenvalue weighted by Gasteiger charge is 2.26. The lowest BCUT2D eigenvalue weighted by Crippen LogP contribution is -3.00. The minimum atomic E-state index is -1.15. The van der Waals surface area contributed by atoms with Crippen LogP contribution in [0.5, 0.6) is 0 Å². The van der Waals surface area contributed by atoms with Crippen LogP contribution in [0.4, 0.5) is 4.39 Å². The molecule has 3 rings (SSSR count). The zero-order valence-corrected chi connectivity index (χ0v) is 14.9. The molecule has 0 saturated heterocycles. The van der Waals surface area contributed by atoms with Crippen molar-refractivity contribution in [3.63, 3.8) is 0 Å². The molecule has 1 heterocycles. The lowest BCUT2D eigenvalue weighted by atomic mass is 9.89. The number of hydrogen-bond acceptors (Lipinski definition) is 1. The molecule has 3 aromatic rings. The Labute approximate surface area is 152 Å². The Bertz CT molecular complexity index is 771. The van der Waals surface area contributed by atoms with Crippen LogP contribution >= 0.6 is 0 Å². The molecule has 0 bridgehead atoms. The van der Waals surface area contributed by atoms with Gasteiger partial charge in [-0.05, 0) is 30.2 Å². The molecular weight excluding hydrogens is 369 g/mol. The van der Waals surface area contributed by atoms with Gasteiger partial charge in [0.1, 0.15) is 11.4 Å². The summed E-state index contributed by atoms with van der Waals surface area (Å²) in [5.41, 5.74) is 1.50. The maximum Gasteiger partial charge on any atom is 0.173 e. The monoisotopic (exact) mass is 387 g/mol. The molecule has 1 unspecified atom stereocenters. The minimum absolute atomic E-state index is 0. The third kappa shape index (κ3) is 4.08. The number of rotatable bonds is 4. The summed E-state index contributed by atoms with van der Waals surface area (Å²) in [5.74, 6) is -0.307. The number of pyridine rings is 1. The number of aromatic nitrogens is 1. The minimum Gasteiger partial charge on any atom is -1.00 e. The predicted octanol–water partition coefficient (Wildman–Crippen LogP) is 0.421. The van der Waals surface area contributed by atoms with Gasteiger partial charge >= 0.3 is 0 Å². The van der Waals surface area contributed by atoms with Crippen LogP contribution in [0.1, 0.15) is 23.6 Å². The van der Waals surface area contributed by atoms with Gasteiger partial charge in [0.05, 0.1) is 0 Å². The number of halogens is 2. The van der Waals surface area contributed by atoms with Crippen molar-refractivity contribution in [3.8, 4) is 0 Å². The van der Waals surface area contributed by atoms with E-state index in [4.69, 9.17) is 0 Å². The van der Waals surface area contributed by atoms with Crippen molar-refractivity contribution in [3.05, 3.63) is 102 Å². The van der Waals surface area contributed by atoms with E-state index < -0.39 is 5.60 Å². The molecule has 1 N–H and O–H groups in total. The first-order valence-corrected chi connectivity index (χ1v) is 7.57. The van der Waals surface area contributed by atoms with Crippen molar-refractivity contribution < 1.29 is 31.0 Å². The van der Waals surface area contributed by atoms with Gasteiger partial charge < -0.3 is 22.1 Å². The predicted molar refractivity (Wildman–Crippen MR) is 87.3 cm³/mol. The zero-order valence-electron chi connectivity index (χ0n) is 13.4. The van der Waals surface area contributed by atoms with Crippen molar-refractivity contribution in [2.75, 3.05) is 0 Å². The Balaban J connectivity index is 0.00000208. The van der Waals surface area contributed by atoms with Crippen LogP contribution in [0.25, 0.3) is 0 Å². The number of aliphatic hydroxyl groups is 1. The number of benzene rings is 2. The van der Waals surface area contributed by atoms with Gasteiger partial charge in [0.2, 0.25) is 0 Å². The molecule has 24 heavy (non-hydrogen) atoms. The number of hydrogen-bond donors (Lipinski definition) is 1. The van der Waals surface area contributed by atoms with Crippen molar-refractivity contribution in [1.82, 2.24) is 0 Å². The molecule has 0 saturated carbocycles. The van der Waals surface area contributed by atoms with Crippen LogP contribution < -0.4 is 21.5 Å². The molecule has 0 spiro atoms. The molecular formula is C20H19BrFNO. The van der Waals surface area contributed by atoms with Gasteiger partial charge in [-0.25, -0.2) is 8.96 Å². The van der Waals surface area contributed by atoms with Crippen molar-refractivity contribution in [2.45, 2.75) is 19.1 Å². The van der Waals surface area contributed by atoms with E-state index in [1.54, 1.807) is 19.1 Å². The van der Waals surface area contributed by atoms with E-state index in [1.165, 1.54) is 17.7 Å². The largest absolute Gasteiger partial charge is 1.00 e. The average Bonchev–Trinajstić information content (AvgIpc) is 2.57. The molecule has 0 aliphatic rings. The molecule has 0 fully saturated rings. The van der Waals surface area contributed by atoms with E-state index in [0.717, 1.165) is 12.1 Å². The van der Waals surface area contributed by atoms with Gasteiger partial charge in [0.25, 0.3) is 0 Å². The molecule has 4 heteroatoms. The maximum absolute atomic E-state index is 13.1. The van der Waals surface area contributed by atoms with E-state index in [-0.39, 0.29) is 22.8 Å². The third-order valence-corrected chi connectivity index (χ3v) is 4.07. The highest BCUT2D eigenvalue weighted by atomic mass is 79.9. The van der Waals surface area contributed by atoms with E-state index in [0.29, 0.717) is 5.56 Å². The summed E-state index contributed by atoms with van der Waals surface area (Å²) in [6.45, 7) is 2.50. The smallest absolute Gasteiger partial charge is 0.173 e. The van der Waals surface area contributed by atoms with Crippen molar-refractivity contribution in [1.29, 1.82) is 0 Å². The molecule has 1 atom stereocenters. The van der Waals surface area contributed by atoms with Crippen LogP contribution in [0.15, 0.2) is 79.1 Å². The highest BCUT2D eigenvalue weighted by molar-refractivity contribution is 5.33. The first-order chi connectivity index (χ1) is 11.1. The lowest BCUT2D eigenvalue weighted by molar-refractivity contribution is -0.688. The molecule has 2 aromatic carbocycles. The maximum atomic E-state index is 13.1. The lowest BCUT2D eigenvalue weighted by Gasteiger charge is -2.23. The standard InChI is InChI=1S/C20H19FNO.BrH/c1-20(23,17-7-9-19(21)10-8-17)18-11-13-22(14-12-18)15-16-5-3-2-4-6-16;/h2-14,23H,15H2,1H3;1H/q+1;/p-1. The van der Waals surface area contributed by atoms with Gasteiger partial charge in [0, 0.05) is 17.7 Å². The molecule has 0 aliphatic carbocycles. The van der Waals surface area contributed by atoms with Crippen LogP contribution in [0.3, 0.4) is 0 Å². The van der Waals surface area contributed by atoms with E-state index in [1.807, 2.05) is 42.7 Å². The molecule has 1 aromatic heterocycles. The van der Waals surface area contributed by atoms with E-state index in [9.17, 15) is 9.50 Å². The van der Waals surface area contributed by atoms with Crippen LogP contribution in [-0.2, 0) is 12.1 Å². The fourth-order valence-electron chi connectivity index (χ4n) is 2.62. The third-order valence-electron chi connectivity index (χ3n) is 4.07. The second-order valence-corrected chi connectivity index (χ2v) is 5.82. The Morgan fingerprint density at radius 3 is 2.00 bits per heavy atom. The second kappa shape index (κ2) is 7.69. The van der Waals surface area contributed by atoms with Crippen LogP contribution in [0.2, 0.25) is 0 Å². The summed E-state index contributed by atoms with van der Waals surface area (Å²) in [4.78, 5) is 0. The van der Waals surface area contributed by atoms with Gasteiger partial charge in [0.15, 0.2) is 18.9 Å². The first kappa shape index (κ1) is 18.3. The van der Waals surface area contributed by atoms with Gasteiger partial charge in [-0.3, -0.25) is 0 Å². The summed E-state index contributed by atoms with van der Waals surface area (Å²) in [6, 6.07) is 19.9. The first-order valence-electron chi connectivity index (χ1n) is 7.57. The summed E-state index contributed by atoms with van der Waals surface area (Å²) in [5, 5.41) is 10.8. The molecule has 124 valence electrons. The Kier molecular flexibility index (Phi) is 5.86. The fourth-order valence-corrected chi connectivity index (χ4v) is 2.62. The topological polar surface area (TPSA) is 24.1 Å². The summed E-state index contributed by atoms with van der Waals surface area (Å²) in [6.07, 6.45) is 3.89. The van der Waals surface area contributed by atoms with E-state index in [2.05, 4.69) is 16.7 Å².